The molecule has 4 rings (SSSR count). The lowest BCUT2D eigenvalue weighted by atomic mass is 9.82. The normalized spacial score (nSPS) is 25.8. The summed E-state index contributed by atoms with van der Waals surface area (Å²) < 4.78 is 44.2. The third kappa shape index (κ3) is 5.99. The van der Waals surface area contributed by atoms with E-state index in [1.165, 1.54) is 23.9 Å². The predicted octanol–water partition coefficient (Wildman–Crippen LogP) is 4.49. The molecule has 0 aliphatic carbocycles. The average molecular weight is 528 g/mol. The largest absolute Gasteiger partial charge is 0.444 e. The molecule has 11 heteroatoms. The monoisotopic (exact) mass is 527 g/mol. The van der Waals surface area contributed by atoms with Crippen LogP contribution >= 0.6 is 11.8 Å². The molecular weight excluding hydrogens is 495 g/mol. The number of ether oxygens (including phenoxy) is 1. The molecule has 1 aromatic rings. The number of carbonyl (C=O) groups is 2. The van der Waals surface area contributed by atoms with Gasteiger partial charge in [-0.25, -0.2) is 4.79 Å². The molecule has 2 N–H and O–H groups in total. The quantitative estimate of drug-likeness (QED) is 0.589. The van der Waals surface area contributed by atoms with Crippen LogP contribution in [0.5, 0.6) is 0 Å². The van der Waals surface area contributed by atoms with Gasteiger partial charge in [-0.05, 0) is 76.6 Å². The summed E-state index contributed by atoms with van der Waals surface area (Å²) in [6.07, 6.45) is -3.43. The number of halogens is 3. The highest BCUT2D eigenvalue weighted by molar-refractivity contribution is 8.14. The number of hydrogen-bond donors (Lipinski definition) is 2. The molecule has 1 aromatic carbocycles. The van der Waals surface area contributed by atoms with Crippen molar-refractivity contribution in [3.8, 4) is 0 Å². The molecule has 2 amide bonds. The maximum Gasteiger partial charge on any atom is 0.416 e. The lowest BCUT2D eigenvalue weighted by Gasteiger charge is -2.43. The number of rotatable bonds is 5. The summed E-state index contributed by atoms with van der Waals surface area (Å²) in [4.78, 5) is 32.1. The van der Waals surface area contributed by atoms with Crippen molar-refractivity contribution in [3.63, 3.8) is 0 Å². The van der Waals surface area contributed by atoms with Gasteiger partial charge in [0.15, 0.2) is 0 Å². The van der Waals surface area contributed by atoms with Gasteiger partial charge in [0, 0.05) is 29.9 Å². The number of alkyl halides is 3. The number of aliphatic imine (C=N–C) groups is 1. The highest BCUT2D eigenvalue weighted by atomic mass is 32.2. The highest BCUT2D eigenvalue weighted by Crippen LogP contribution is 2.42. The first kappa shape index (κ1) is 26.8. The van der Waals surface area contributed by atoms with Gasteiger partial charge in [0.1, 0.15) is 11.7 Å². The minimum absolute atomic E-state index is 0.120. The van der Waals surface area contributed by atoms with Gasteiger partial charge in [-0.2, -0.15) is 13.2 Å². The first-order valence-electron chi connectivity index (χ1n) is 12.2. The number of alkyl carbamates (subject to hydrolysis) is 1. The Kier molecular flexibility index (Phi) is 7.62. The lowest BCUT2D eigenvalue weighted by molar-refractivity contribution is -0.137. The maximum atomic E-state index is 13.3. The Morgan fingerprint density at radius 3 is 2.25 bits per heavy atom. The van der Waals surface area contributed by atoms with Gasteiger partial charge in [-0.1, -0.05) is 0 Å². The van der Waals surface area contributed by atoms with E-state index in [4.69, 9.17) is 4.74 Å². The van der Waals surface area contributed by atoms with Crippen molar-refractivity contribution in [1.82, 2.24) is 10.2 Å². The molecule has 4 atom stereocenters. The van der Waals surface area contributed by atoms with Crippen molar-refractivity contribution >= 4 is 28.8 Å². The lowest BCUT2D eigenvalue weighted by Crippen LogP contribution is -2.56. The van der Waals surface area contributed by atoms with E-state index in [0.29, 0.717) is 24.4 Å². The van der Waals surface area contributed by atoms with Gasteiger partial charge in [0.2, 0.25) is 0 Å². The van der Waals surface area contributed by atoms with E-state index in [1.54, 1.807) is 25.7 Å². The Morgan fingerprint density at radius 1 is 1.14 bits per heavy atom. The number of aliphatic hydroxyl groups excluding tert-OH is 1. The number of piperidine rings is 1. The highest BCUT2D eigenvalue weighted by Gasteiger charge is 2.48. The molecule has 3 aliphatic heterocycles. The van der Waals surface area contributed by atoms with E-state index >= 15 is 0 Å². The van der Waals surface area contributed by atoms with Crippen LogP contribution in [0.4, 0.5) is 18.0 Å². The van der Waals surface area contributed by atoms with E-state index in [-0.39, 0.29) is 29.5 Å². The number of hydrogen-bond acceptors (Lipinski definition) is 6. The van der Waals surface area contributed by atoms with E-state index in [9.17, 15) is 27.9 Å². The second-order valence-corrected chi connectivity index (χ2v) is 11.7. The van der Waals surface area contributed by atoms with Crippen molar-refractivity contribution in [1.29, 1.82) is 0 Å². The van der Waals surface area contributed by atoms with E-state index in [1.807, 2.05) is 0 Å². The Morgan fingerprint density at radius 2 is 1.75 bits per heavy atom. The summed E-state index contributed by atoms with van der Waals surface area (Å²) in [5, 5.41) is 14.6. The minimum Gasteiger partial charge on any atom is -0.444 e. The summed E-state index contributed by atoms with van der Waals surface area (Å²) in [6.45, 7) is 5.91. The Balaban J connectivity index is 1.50. The second-order valence-electron chi connectivity index (χ2n) is 10.6. The molecule has 3 unspecified atom stereocenters. The summed E-state index contributed by atoms with van der Waals surface area (Å²) >= 11 is 1.47. The molecule has 3 aliphatic rings. The molecule has 7 nitrogen and oxygen atoms in total. The summed E-state index contributed by atoms with van der Waals surface area (Å²) in [5.74, 6) is 0.366. The topological polar surface area (TPSA) is 91.2 Å². The third-order valence-corrected chi connectivity index (χ3v) is 7.91. The number of amides is 2. The van der Waals surface area contributed by atoms with Crippen LogP contribution in [0.25, 0.3) is 0 Å². The summed E-state index contributed by atoms with van der Waals surface area (Å²) in [5.41, 5.74) is -1.27. The predicted molar refractivity (Wildman–Crippen MR) is 131 cm³/mol. The Hall–Kier alpha value is -2.27. The van der Waals surface area contributed by atoms with Crippen molar-refractivity contribution in [3.05, 3.63) is 35.4 Å². The van der Waals surface area contributed by atoms with Crippen molar-refractivity contribution in [2.45, 2.75) is 82.5 Å². The van der Waals surface area contributed by atoms with Gasteiger partial charge in [0.05, 0.1) is 16.6 Å². The molecule has 36 heavy (non-hydrogen) atoms. The van der Waals surface area contributed by atoms with E-state index < -0.39 is 35.6 Å². The fourth-order valence-corrected chi connectivity index (χ4v) is 6.27. The van der Waals surface area contributed by atoms with Crippen LogP contribution in [0.15, 0.2) is 29.3 Å². The Labute approximate surface area is 212 Å². The second kappa shape index (κ2) is 10.2. The number of aliphatic hydroxyl groups is 1. The number of benzene rings is 1. The first-order valence-corrected chi connectivity index (χ1v) is 13.2. The van der Waals surface area contributed by atoms with Crippen LogP contribution in [-0.2, 0) is 10.9 Å². The molecule has 0 spiro atoms. The van der Waals surface area contributed by atoms with Crippen LogP contribution in [0.2, 0.25) is 0 Å². The fraction of sp³-hybridized carbons (Fsp3) is 0.640. The number of nitrogens with one attached hydrogen (secondary N) is 1. The molecule has 3 heterocycles. The van der Waals surface area contributed by atoms with Gasteiger partial charge in [-0.15, -0.1) is 11.8 Å². The van der Waals surface area contributed by atoms with E-state index in [0.717, 1.165) is 30.7 Å². The summed E-state index contributed by atoms with van der Waals surface area (Å²) in [6, 6.07) is 3.42. The molecule has 2 saturated heterocycles. The molecular formula is C25H32F3N3O4S. The van der Waals surface area contributed by atoms with Gasteiger partial charge in [0.25, 0.3) is 5.91 Å². The molecule has 0 saturated carbocycles. The first-order chi connectivity index (χ1) is 16.8. The molecule has 0 radical (unpaired) electrons. The zero-order valence-corrected chi connectivity index (χ0v) is 21.4. The molecule has 0 aromatic heterocycles. The maximum absolute atomic E-state index is 13.3. The Bertz CT molecular complexity index is 995. The molecule has 2 fully saturated rings. The molecule has 198 valence electrons. The van der Waals surface area contributed by atoms with Crippen LogP contribution in [0.1, 0.15) is 62.4 Å². The standard InChI is InChI=1S/C25H32F3N3O4S/c1-24(2,3)35-23(34)30-19(20(32)21-29-10-11-36-21)15-12-17-8-9-18(13-15)31(17)22(33)14-4-6-16(7-5-14)25(26,27)28/h4-7,15,17-20,32H,8-13H2,1-3H3,(H,30,34)/t15?,17?,18?,19-,20?/m0/s1. The SMILES string of the molecule is CC(C)(C)OC(=O)N[C@@H](C1CC2CCC(C1)N2C(=O)c1ccc(C(F)(F)F)cc1)C(O)C1=NCCS1. The van der Waals surface area contributed by atoms with Crippen LogP contribution in [0, 0.1) is 5.92 Å². The zero-order chi connectivity index (χ0) is 26.3. The zero-order valence-electron chi connectivity index (χ0n) is 20.5. The smallest absolute Gasteiger partial charge is 0.416 e. The van der Waals surface area contributed by atoms with Crippen molar-refractivity contribution in [2.75, 3.05) is 12.3 Å². The van der Waals surface area contributed by atoms with E-state index in [2.05, 4.69) is 10.3 Å². The van der Waals surface area contributed by atoms with Crippen LogP contribution in [-0.4, -0.2) is 69.2 Å². The fourth-order valence-electron chi connectivity index (χ4n) is 5.38. The minimum atomic E-state index is -4.46. The van der Waals surface area contributed by atoms with Gasteiger partial charge >= 0.3 is 12.3 Å². The van der Waals surface area contributed by atoms with Crippen LogP contribution in [0.3, 0.4) is 0 Å². The number of carbonyl (C=O) groups excluding carboxylic acids is 2. The van der Waals surface area contributed by atoms with Crippen molar-refractivity contribution < 1.29 is 32.6 Å². The number of nitrogens with zero attached hydrogens (tertiary/aromatic N) is 2. The third-order valence-electron chi connectivity index (χ3n) is 6.86. The number of thioether (sulfide) groups is 1. The van der Waals surface area contributed by atoms with Gasteiger partial charge in [-0.3, -0.25) is 9.79 Å². The van der Waals surface area contributed by atoms with Crippen molar-refractivity contribution in [2.24, 2.45) is 10.9 Å². The van der Waals surface area contributed by atoms with Gasteiger partial charge < -0.3 is 20.1 Å². The average Bonchev–Trinajstić information content (AvgIpc) is 3.41. The summed E-state index contributed by atoms with van der Waals surface area (Å²) in [7, 11) is 0. The van der Waals surface area contributed by atoms with Crippen LogP contribution < -0.4 is 5.32 Å². The molecule has 2 bridgehead atoms. The number of fused-ring (bicyclic) bond motifs is 2.